The van der Waals surface area contributed by atoms with Crippen LogP contribution in [0.25, 0.3) is 0 Å². The summed E-state index contributed by atoms with van der Waals surface area (Å²) in [5.41, 5.74) is 2.30. The summed E-state index contributed by atoms with van der Waals surface area (Å²) in [7, 11) is 1.84. The number of hydrogen-bond acceptors (Lipinski definition) is 3. The number of rotatable bonds is 5. The van der Waals surface area contributed by atoms with Gasteiger partial charge in [-0.2, -0.15) is 5.10 Å². The van der Waals surface area contributed by atoms with Gasteiger partial charge < -0.3 is 10.4 Å². The van der Waals surface area contributed by atoms with E-state index < -0.39 is 17.7 Å². The summed E-state index contributed by atoms with van der Waals surface area (Å²) in [5, 5.41) is 17.2. The Morgan fingerprint density at radius 3 is 2.70 bits per heavy atom. The van der Waals surface area contributed by atoms with Crippen molar-refractivity contribution in [2.45, 2.75) is 19.6 Å². The van der Waals surface area contributed by atoms with E-state index in [1.54, 1.807) is 4.68 Å². The monoisotopic (exact) mass is 281 g/mol. The van der Waals surface area contributed by atoms with E-state index in [0.29, 0.717) is 12.1 Å². The van der Waals surface area contributed by atoms with Crippen LogP contribution in [0.15, 0.2) is 24.4 Å². The van der Waals surface area contributed by atoms with Crippen LogP contribution < -0.4 is 5.32 Å². The molecule has 0 radical (unpaired) electrons. The number of halogens is 2. The number of aliphatic hydroxyl groups is 1. The Morgan fingerprint density at radius 1 is 1.35 bits per heavy atom. The van der Waals surface area contributed by atoms with Crippen LogP contribution in [0.2, 0.25) is 0 Å². The molecule has 4 nitrogen and oxygen atoms in total. The fraction of sp³-hybridized carbons (Fsp3) is 0.357. The first-order valence-electron chi connectivity index (χ1n) is 6.30. The topological polar surface area (TPSA) is 50.1 Å². The van der Waals surface area contributed by atoms with Crippen molar-refractivity contribution >= 4 is 0 Å². The van der Waals surface area contributed by atoms with Crippen molar-refractivity contribution in [2.24, 2.45) is 7.05 Å². The van der Waals surface area contributed by atoms with Gasteiger partial charge in [-0.25, -0.2) is 8.78 Å². The van der Waals surface area contributed by atoms with Crippen molar-refractivity contribution in [2.75, 3.05) is 6.54 Å². The van der Waals surface area contributed by atoms with Crippen molar-refractivity contribution in [1.82, 2.24) is 15.1 Å². The second-order valence-electron chi connectivity index (χ2n) is 4.73. The third-order valence-electron chi connectivity index (χ3n) is 3.10. The number of nitrogens with zero attached hydrogens (tertiary/aromatic N) is 2. The Bertz CT molecular complexity index is 598. The van der Waals surface area contributed by atoms with Crippen molar-refractivity contribution in [1.29, 1.82) is 0 Å². The van der Waals surface area contributed by atoms with Gasteiger partial charge in [0.25, 0.3) is 0 Å². The minimum atomic E-state index is -0.954. The van der Waals surface area contributed by atoms with E-state index in [0.717, 1.165) is 23.4 Å². The van der Waals surface area contributed by atoms with Crippen LogP contribution in [0, 0.1) is 18.6 Å². The SMILES string of the molecule is Cc1nn(C)cc1CNCC(O)c1ccc(F)c(F)c1. The van der Waals surface area contributed by atoms with Crippen molar-refractivity contribution in [3.63, 3.8) is 0 Å². The van der Waals surface area contributed by atoms with Gasteiger partial charge in [0.2, 0.25) is 0 Å². The summed E-state index contributed by atoms with van der Waals surface area (Å²) in [6.45, 7) is 2.71. The molecule has 1 unspecified atom stereocenters. The first-order valence-corrected chi connectivity index (χ1v) is 6.30. The first-order chi connectivity index (χ1) is 9.47. The minimum Gasteiger partial charge on any atom is -0.387 e. The third kappa shape index (κ3) is 3.40. The van der Waals surface area contributed by atoms with Gasteiger partial charge in [-0.1, -0.05) is 6.07 Å². The molecule has 6 heteroatoms. The van der Waals surface area contributed by atoms with Crippen LogP contribution in [0.5, 0.6) is 0 Å². The van der Waals surface area contributed by atoms with Gasteiger partial charge in [0.05, 0.1) is 11.8 Å². The molecule has 2 aromatic rings. The van der Waals surface area contributed by atoms with Crippen molar-refractivity contribution < 1.29 is 13.9 Å². The molecule has 0 fully saturated rings. The first kappa shape index (κ1) is 14.6. The molecule has 0 saturated carbocycles. The summed E-state index contributed by atoms with van der Waals surface area (Å²) in [6.07, 6.45) is 1.01. The van der Waals surface area contributed by atoms with Gasteiger partial charge in [-0.15, -0.1) is 0 Å². The maximum Gasteiger partial charge on any atom is 0.159 e. The molecule has 2 rings (SSSR count). The van der Waals surface area contributed by atoms with Crippen LogP contribution in [-0.2, 0) is 13.6 Å². The Kier molecular flexibility index (Phi) is 4.46. The molecule has 0 saturated heterocycles. The van der Waals surface area contributed by atoms with Gasteiger partial charge in [-0.3, -0.25) is 4.68 Å². The summed E-state index contributed by atoms with van der Waals surface area (Å²) in [6, 6.07) is 3.40. The lowest BCUT2D eigenvalue weighted by molar-refractivity contribution is 0.173. The number of aromatic nitrogens is 2. The van der Waals surface area contributed by atoms with Crippen molar-refractivity contribution in [3.05, 3.63) is 52.9 Å². The van der Waals surface area contributed by atoms with E-state index in [-0.39, 0.29) is 6.54 Å². The molecule has 0 amide bonds. The highest BCUT2D eigenvalue weighted by molar-refractivity contribution is 5.20. The molecule has 1 aromatic heterocycles. The Balaban J connectivity index is 1.90. The number of aryl methyl sites for hydroxylation is 2. The molecular weight excluding hydrogens is 264 g/mol. The van der Waals surface area contributed by atoms with E-state index in [1.165, 1.54) is 6.07 Å². The van der Waals surface area contributed by atoms with Crippen LogP contribution in [-0.4, -0.2) is 21.4 Å². The fourth-order valence-electron chi connectivity index (χ4n) is 2.00. The van der Waals surface area contributed by atoms with Gasteiger partial charge >= 0.3 is 0 Å². The molecule has 108 valence electrons. The average molecular weight is 281 g/mol. The normalized spacial score (nSPS) is 12.7. The maximum atomic E-state index is 13.1. The zero-order valence-electron chi connectivity index (χ0n) is 11.4. The zero-order chi connectivity index (χ0) is 14.7. The molecular formula is C14H17F2N3O. The van der Waals surface area contributed by atoms with Crippen LogP contribution in [0.3, 0.4) is 0 Å². The van der Waals surface area contributed by atoms with Crippen molar-refractivity contribution in [3.8, 4) is 0 Å². The molecule has 1 aromatic carbocycles. The Labute approximate surface area is 116 Å². The second-order valence-corrected chi connectivity index (χ2v) is 4.73. The van der Waals surface area contributed by atoms with Gasteiger partial charge in [-0.05, 0) is 24.6 Å². The van der Waals surface area contributed by atoms with Crippen LogP contribution in [0.1, 0.15) is 22.9 Å². The fourth-order valence-corrected chi connectivity index (χ4v) is 2.00. The van der Waals surface area contributed by atoms with Crippen LogP contribution in [0.4, 0.5) is 8.78 Å². The van der Waals surface area contributed by atoms with E-state index in [9.17, 15) is 13.9 Å². The molecule has 0 aliphatic heterocycles. The maximum absolute atomic E-state index is 13.1. The van der Waals surface area contributed by atoms with Gasteiger partial charge in [0.1, 0.15) is 0 Å². The molecule has 0 aliphatic rings. The lowest BCUT2D eigenvalue weighted by Gasteiger charge is -2.12. The summed E-state index contributed by atoms with van der Waals surface area (Å²) >= 11 is 0. The predicted octanol–water partition coefficient (Wildman–Crippen LogP) is 1.83. The molecule has 0 spiro atoms. The number of nitrogens with one attached hydrogen (secondary N) is 1. The van der Waals surface area contributed by atoms with E-state index in [2.05, 4.69) is 10.4 Å². The van der Waals surface area contributed by atoms with Gasteiger partial charge in [0, 0.05) is 31.9 Å². The third-order valence-corrected chi connectivity index (χ3v) is 3.10. The number of benzene rings is 1. The molecule has 20 heavy (non-hydrogen) atoms. The van der Waals surface area contributed by atoms with E-state index >= 15 is 0 Å². The second kappa shape index (κ2) is 6.11. The quantitative estimate of drug-likeness (QED) is 0.879. The Morgan fingerprint density at radius 2 is 2.10 bits per heavy atom. The molecule has 1 atom stereocenters. The molecule has 1 heterocycles. The van der Waals surface area contributed by atoms with E-state index in [4.69, 9.17) is 0 Å². The minimum absolute atomic E-state index is 0.249. The van der Waals surface area contributed by atoms with Crippen LogP contribution >= 0.6 is 0 Å². The highest BCUT2D eigenvalue weighted by atomic mass is 19.2. The highest BCUT2D eigenvalue weighted by Crippen LogP contribution is 2.16. The average Bonchev–Trinajstić information content (AvgIpc) is 2.71. The smallest absolute Gasteiger partial charge is 0.159 e. The largest absolute Gasteiger partial charge is 0.387 e. The predicted molar refractivity (Wildman–Crippen MR) is 71.0 cm³/mol. The molecule has 0 bridgehead atoms. The number of aliphatic hydroxyl groups excluding tert-OH is 1. The summed E-state index contributed by atoms with van der Waals surface area (Å²) in [4.78, 5) is 0. The lowest BCUT2D eigenvalue weighted by Crippen LogP contribution is -2.21. The summed E-state index contributed by atoms with van der Waals surface area (Å²) in [5.74, 6) is -1.87. The number of hydrogen-bond donors (Lipinski definition) is 2. The molecule has 0 aliphatic carbocycles. The Hall–Kier alpha value is -1.79. The standard InChI is InChI=1S/C14H17F2N3O/c1-9-11(8-19(2)18-9)6-17-7-14(20)10-3-4-12(15)13(16)5-10/h3-5,8,14,17,20H,6-7H2,1-2H3. The van der Waals surface area contributed by atoms with Gasteiger partial charge in [0.15, 0.2) is 11.6 Å². The lowest BCUT2D eigenvalue weighted by atomic mass is 10.1. The van der Waals surface area contributed by atoms with E-state index in [1.807, 2.05) is 20.2 Å². The zero-order valence-corrected chi connectivity index (χ0v) is 11.4. The summed E-state index contributed by atoms with van der Waals surface area (Å²) < 4.78 is 27.6. The highest BCUT2D eigenvalue weighted by Gasteiger charge is 2.11. The molecule has 2 N–H and O–H groups in total.